The van der Waals surface area contributed by atoms with Gasteiger partial charge in [0.1, 0.15) is 5.82 Å². The molecule has 2 aliphatic rings. The molecule has 0 saturated carbocycles. The van der Waals surface area contributed by atoms with Gasteiger partial charge in [0.25, 0.3) is 5.91 Å². The third-order valence-electron chi connectivity index (χ3n) is 6.86. The summed E-state index contributed by atoms with van der Waals surface area (Å²) in [7, 11) is 0. The summed E-state index contributed by atoms with van der Waals surface area (Å²) in [5.41, 5.74) is 1.80. The molecule has 0 aliphatic carbocycles. The number of aromatic nitrogens is 2. The van der Waals surface area contributed by atoms with Crippen molar-refractivity contribution in [2.24, 2.45) is 0 Å². The molecule has 3 heterocycles. The van der Waals surface area contributed by atoms with Gasteiger partial charge in [-0.3, -0.25) is 9.59 Å². The van der Waals surface area contributed by atoms with Crippen molar-refractivity contribution in [1.82, 2.24) is 19.8 Å². The predicted octanol–water partition coefficient (Wildman–Crippen LogP) is 4.55. The van der Waals surface area contributed by atoms with Crippen LogP contribution in [-0.4, -0.2) is 50.2 Å². The van der Waals surface area contributed by atoms with Crippen LogP contribution < -0.4 is 5.32 Å². The maximum atomic E-state index is 14.4. The molecular formula is C27H28FN5O2. The first-order valence-corrected chi connectivity index (χ1v) is 12.1. The zero-order valence-corrected chi connectivity index (χ0v) is 19.4. The average Bonchev–Trinajstić information content (AvgIpc) is 3.28. The molecule has 35 heavy (non-hydrogen) atoms. The van der Waals surface area contributed by atoms with Gasteiger partial charge in [-0.05, 0) is 49.6 Å². The van der Waals surface area contributed by atoms with Crippen LogP contribution in [0.25, 0.3) is 0 Å². The number of amides is 2. The van der Waals surface area contributed by atoms with Gasteiger partial charge in [0.15, 0.2) is 0 Å². The normalized spacial score (nSPS) is 20.2. The number of nitrogens with zero attached hydrogens (tertiary/aromatic N) is 4. The molecule has 8 heteroatoms. The zero-order chi connectivity index (χ0) is 24.2. The highest BCUT2D eigenvalue weighted by Gasteiger charge is 2.42. The van der Waals surface area contributed by atoms with Crippen molar-refractivity contribution in [3.05, 3.63) is 83.9 Å². The molecule has 1 N–H and O–H groups in total. The van der Waals surface area contributed by atoms with Crippen LogP contribution in [0.2, 0.25) is 0 Å². The molecular weight excluding hydrogens is 445 g/mol. The topological polar surface area (TPSA) is 78.4 Å². The average molecular weight is 474 g/mol. The van der Waals surface area contributed by atoms with Gasteiger partial charge in [-0.15, -0.1) is 0 Å². The fourth-order valence-electron chi connectivity index (χ4n) is 5.16. The number of benzene rings is 2. The van der Waals surface area contributed by atoms with Crippen molar-refractivity contribution in [3.8, 4) is 0 Å². The first kappa shape index (κ1) is 23.0. The summed E-state index contributed by atoms with van der Waals surface area (Å²) in [5.74, 6) is 0.123. The third-order valence-corrected chi connectivity index (χ3v) is 6.86. The lowest BCUT2D eigenvalue weighted by Crippen LogP contribution is -2.49. The number of nitrogens with one attached hydrogen (secondary N) is 1. The van der Waals surface area contributed by atoms with Crippen molar-refractivity contribution in [2.75, 3.05) is 11.9 Å². The first-order chi connectivity index (χ1) is 17.1. The Kier molecular flexibility index (Phi) is 6.70. The minimum atomic E-state index is -0.309. The molecule has 0 spiro atoms. The fraction of sp³-hybridized carbons (Fsp3) is 0.333. The standard InChI is InChI=1S/C27H28FN5O2/c28-22-10-2-1-7-20(22)18-33-24-13-16-32(23(24)11-3-4-12-25(33)34)26(35)19-8-5-9-21(17-19)31-27-29-14-6-15-30-27/h1-2,5-10,14-15,17,23-24H,3-4,11-13,16,18H2,(H,29,30,31)/t23-,24+/m1/s1. The van der Waals surface area contributed by atoms with E-state index < -0.39 is 0 Å². The number of likely N-dealkylation sites (tertiary alicyclic amines) is 2. The number of carbonyl (C=O) groups excluding carboxylic acids is 2. The Bertz CT molecular complexity index is 1200. The molecule has 2 atom stereocenters. The van der Waals surface area contributed by atoms with Gasteiger partial charge < -0.3 is 15.1 Å². The Balaban J connectivity index is 1.37. The van der Waals surface area contributed by atoms with Gasteiger partial charge in [-0.2, -0.15) is 0 Å². The number of anilines is 2. The van der Waals surface area contributed by atoms with E-state index in [-0.39, 0.29) is 36.3 Å². The second-order valence-corrected chi connectivity index (χ2v) is 9.06. The molecule has 2 aliphatic heterocycles. The van der Waals surface area contributed by atoms with Crippen molar-refractivity contribution in [1.29, 1.82) is 0 Å². The van der Waals surface area contributed by atoms with Crippen molar-refractivity contribution >= 4 is 23.5 Å². The Morgan fingerprint density at radius 1 is 1.00 bits per heavy atom. The van der Waals surface area contributed by atoms with Gasteiger partial charge in [-0.25, -0.2) is 14.4 Å². The molecule has 2 fully saturated rings. The van der Waals surface area contributed by atoms with E-state index in [0.717, 1.165) is 24.9 Å². The molecule has 2 aromatic carbocycles. The number of carbonyl (C=O) groups is 2. The largest absolute Gasteiger partial charge is 0.334 e. The zero-order valence-electron chi connectivity index (χ0n) is 19.4. The van der Waals surface area contributed by atoms with Crippen LogP contribution in [0.4, 0.5) is 16.0 Å². The lowest BCUT2D eigenvalue weighted by molar-refractivity contribution is -0.135. The van der Waals surface area contributed by atoms with E-state index in [0.29, 0.717) is 36.5 Å². The van der Waals surface area contributed by atoms with Crippen LogP contribution in [0, 0.1) is 5.82 Å². The van der Waals surface area contributed by atoms with Crippen LogP contribution in [0.15, 0.2) is 67.0 Å². The second kappa shape index (κ2) is 10.2. The highest BCUT2D eigenvalue weighted by atomic mass is 19.1. The van der Waals surface area contributed by atoms with Crippen molar-refractivity contribution in [3.63, 3.8) is 0 Å². The Morgan fingerprint density at radius 2 is 1.83 bits per heavy atom. The van der Waals surface area contributed by atoms with E-state index in [1.807, 2.05) is 17.0 Å². The molecule has 5 rings (SSSR count). The summed E-state index contributed by atoms with van der Waals surface area (Å²) in [6, 6.07) is 15.4. The second-order valence-electron chi connectivity index (χ2n) is 9.06. The summed E-state index contributed by atoms with van der Waals surface area (Å²) in [5, 5.41) is 3.13. The van der Waals surface area contributed by atoms with Crippen LogP contribution in [0.3, 0.4) is 0 Å². The van der Waals surface area contributed by atoms with Crippen LogP contribution >= 0.6 is 0 Å². The number of hydrogen-bond donors (Lipinski definition) is 1. The van der Waals surface area contributed by atoms with Gasteiger partial charge in [0, 0.05) is 48.7 Å². The van der Waals surface area contributed by atoms with Gasteiger partial charge >= 0.3 is 0 Å². The summed E-state index contributed by atoms with van der Waals surface area (Å²) in [6.45, 7) is 0.792. The van der Waals surface area contributed by atoms with E-state index in [1.54, 1.807) is 53.7 Å². The van der Waals surface area contributed by atoms with Crippen LogP contribution in [-0.2, 0) is 11.3 Å². The van der Waals surface area contributed by atoms with Gasteiger partial charge in [0.2, 0.25) is 11.9 Å². The van der Waals surface area contributed by atoms with E-state index in [4.69, 9.17) is 0 Å². The maximum Gasteiger partial charge on any atom is 0.254 e. The third kappa shape index (κ3) is 5.01. The summed E-state index contributed by atoms with van der Waals surface area (Å²) >= 11 is 0. The predicted molar refractivity (Wildman–Crippen MR) is 130 cm³/mol. The summed E-state index contributed by atoms with van der Waals surface area (Å²) < 4.78 is 14.4. The minimum Gasteiger partial charge on any atom is -0.334 e. The number of hydrogen-bond acceptors (Lipinski definition) is 5. The van der Waals surface area contributed by atoms with E-state index in [2.05, 4.69) is 15.3 Å². The quantitative estimate of drug-likeness (QED) is 0.588. The first-order valence-electron chi connectivity index (χ1n) is 12.1. The Hall–Kier alpha value is -3.81. The Morgan fingerprint density at radius 3 is 2.66 bits per heavy atom. The van der Waals surface area contributed by atoms with Crippen molar-refractivity contribution < 1.29 is 14.0 Å². The highest BCUT2D eigenvalue weighted by molar-refractivity contribution is 5.95. The maximum absolute atomic E-state index is 14.4. The van der Waals surface area contributed by atoms with Crippen LogP contribution in [0.1, 0.15) is 48.0 Å². The molecule has 2 amide bonds. The lowest BCUT2D eigenvalue weighted by atomic mass is 9.96. The molecule has 0 unspecified atom stereocenters. The smallest absolute Gasteiger partial charge is 0.254 e. The molecule has 1 aromatic heterocycles. The fourth-order valence-corrected chi connectivity index (χ4v) is 5.16. The molecule has 0 bridgehead atoms. The number of halogens is 1. The van der Waals surface area contributed by atoms with E-state index in [1.165, 1.54) is 6.07 Å². The monoisotopic (exact) mass is 473 g/mol. The minimum absolute atomic E-state index is 0.0336. The van der Waals surface area contributed by atoms with Crippen molar-refractivity contribution in [2.45, 2.75) is 50.7 Å². The van der Waals surface area contributed by atoms with Gasteiger partial charge in [0.05, 0.1) is 12.1 Å². The van der Waals surface area contributed by atoms with E-state index >= 15 is 0 Å². The summed E-state index contributed by atoms with van der Waals surface area (Å²) in [4.78, 5) is 38.7. The number of rotatable bonds is 5. The van der Waals surface area contributed by atoms with E-state index in [9.17, 15) is 14.0 Å². The highest BCUT2D eigenvalue weighted by Crippen LogP contribution is 2.33. The molecule has 3 aromatic rings. The lowest BCUT2D eigenvalue weighted by Gasteiger charge is -2.37. The summed E-state index contributed by atoms with van der Waals surface area (Å²) in [6.07, 6.45) is 6.93. The molecule has 2 saturated heterocycles. The molecule has 180 valence electrons. The number of fused-ring (bicyclic) bond motifs is 1. The van der Waals surface area contributed by atoms with Crippen LogP contribution in [0.5, 0.6) is 0 Å². The SMILES string of the molecule is O=C(c1cccc(Nc2ncccn2)c1)N1CC[C@H]2[C@H]1CCCCC(=O)N2Cc1ccccc1F. The molecule has 7 nitrogen and oxygen atoms in total. The Labute approximate surface area is 204 Å². The molecule has 0 radical (unpaired) electrons. The van der Waals surface area contributed by atoms with Gasteiger partial charge in [-0.1, -0.05) is 30.7 Å².